The van der Waals surface area contributed by atoms with Crippen molar-refractivity contribution in [3.63, 3.8) is 0 Å². The van der Waals surface area contributed by atoms with Gasteiger partial charge in [0.2, 0.25) is 5.95 Å². The number of halogens is 1. The van der Waals surface area contributed by atoms with Gasteiger partial charge in [0.25, 0.3) is 5.91 Å². The number of carbonyl (C=O) groups is 1. The molecule has 2 aromatic rings. The van der Waals surface area contributed by atoms with Crippen LogP contribution in [0.4, 0.5) is 11.6 Å². The van der Waals surface area contributed by atoms with Crippen LogP contribution in [0.3, 0.4) is 0 Å². The van der Waals surface area contributed by atoms with E-state index >= 15 is 0 Å². The van der Waals surface area contributed by atoms with E-state index in [1.807, 2.05) is 30.0 Å². The molecule has 0 bridgehead atoms. The third kappa shape index (κ3) is 4.12. The molecule has 1 aromatic carbocycles. The zero-order valence-electron chi connectivity index (χ0n) is 13.8. The lowest BCUT2D eigenvalue weighted by molar-refractivity contribution is 0.0761. The van der Waals surface area contributed by atoms with Crippen LogP contribution < -0.4 is 5.32 Å². The van der Waals surface area contributed by atoms with Crippen molar-refractivity contribution in [1.82, 2.24) is 14.9 Å². The van der Waals surface area contributed by atoms with Gasteiger partial charge in [-0.2, -0.15) is 0 Å². The Morgan fingerprint density at radius 1 is 1.12 bits per heavy atom. The maximum Gasteiger partial charge on any atom is 0.256 e. The number of hydrogen-bond acceptors (Lipinski definition) is 4. The molecule has 1 aliphatic rings. The van der Waals surface area contributed by atoms with Gasteiger partial charge in [0.1, 0.15) is 0 Å². The zero-order chi connectivity index (χ0) is 16.9. The smallest absolute Gasteiger partial charge is 0.256 e. The fourth-order valence-corrected chi connectivity index (χ4v) is 3.32. The number of aromatic nitrogens is 2. The summed E-state index contributed by atoms with van der Waals surface area (Å²) in [6.45, 7) is 3.68. The molecule has 6 heteroatoms. The van der Waals surface area contributed by atoms with Gasteiger partial charge in [0, 0.05) is 35.6 Å². The van der Waals surface area contributed by atoms with Crippen LogP contribution in [0, 0.1) is 6.92 Å². The van der Waals surface area contributed by atoms with Gasteiger partial charge in [-0.25, -0.2) is 9.97 Å². The van der Waals surface area contributed by atoms with Crippen LogP contribution in [0.1, 0.15) is 41.6 Å². The molecule has 126 valence electrons. The van der Waals surface area contributed by atoms with Gasteiger partial charge in [-0.3, -0.25) is 4.79 Å². The second-order valence-corrected chi connectivity index (χ2v) is 7.00. The minimum absolute atomic E-state index is 0.0308. The van der Waals surface area contributed by atoms with E-state index in [0.29, 0.717) is 11.5 Å². The monoisotopic (exact) mass is 388 g/mol. The van der Waals surface area contributed by atoms with E-state index in [2.05, 4.69) is 31.2 Å². The highest BCUT2D eigenvalue weighted by molar-refractivity contribution is 9.10. The molecule has 2 heterocycles. The Bertz CT molecular complexity index is 709. The molecule has 0 unspecified atom stereocenters. The van der Waals surface area contributed by atoms with Crippen molar-refractivity contribution in [3.8, 4) is 0 Å². The van der Waals surface area contributed by atoms with Crippen LogP contribution >= 0.6 is 15.9 Å². The number of rotatable bonds is 3. The van der Waals surface area contributed by atoms with Crippen LogP contribution in [0.15, 0.2) is 35.1 Å². The Balaban J connectivity index is 1.69. The maximum absolute atomic E-state index is 12.5. The average molecular weight is 389 g/mol. The van der Waals surface area contributed by atoms with E-state index in [0.717, 1.165) is 41.7 Å². The first-order valence-corrected chi connectivity index (χ1v) is 9.07. The van der Waals surface area contributed by atoms with Crippen molar-refractivity contribution < 1.29 is 4.79 Å². The summed E-state index contributed by atoms with van der Waals surface area (Å²) in [5, 5.41) is 3.19. The molecule has 24 heavy (non-hydrogen) atoms. The lowest BCUT2D eigenvalue weighted by Crippen LogP contribution is -2.32. The molecule has 1 fully saturated rings. The molecule has 1 saturated heterocycles. The van der Waals surface area contributed by atoms with Crippen molar-refractivity contribution in [1.29, 1.82) is 0 Å². The fraction of sp³-hybridized carbons (Fsp3) is 0.389. The topological polar surface area (TPSA) is 58.1 Å². The number of benzene rings is 1. The van der Waals surface area contributed by atoms with Gasteiger partial charge < -0.3 is 10.2 Å². The van der Waals surface area contributed by atoms with E-state index in [4.69, 9.17) is 0 Å². The number of amides is 1. The first-order chi connectivity index (χ1) is 11.6. The maximum atomic E-state index is 12.5. The number of aryl methyl sites for hydroxylation is 1. The molecule has 3 rings (SSSR count). The lowest BCUT2D eigenvalue weighted by atomic mass is 10.2. The van der Waals surface area contributed by atoms with Crippen molar-refractivity contribution in [2.45, 2.75) is 32.6 Å². The van der Waals surface area contributed by atoms with Crippen LogP contribution in [0.2, 0.25) is 0 Å². The zero-order valence-corrected chi connectivity index (χ0v) is 15.3. The predicted molar refractivity (Wildman–Crippen MR) is 98.6 cm³/mol. The molecule has 0 saturated carbocycles. The fourth-order valence-electron chi connectivity index (χ4n) is 2.85. The number of hydrogen-bond donors (Lipinski definition) is 1. The molecule has 0 atom stereocenters. The molecule has 0 radical (unpaired) electrons. The summed E-state index contributed by atoms with van der Waals surface area (Å²) in [7, 11) is 0. The molecule has 1 N–H and O–H groups in total. The summed E-state index contributed by atoms with van der Waals surface area (Å²) in [6, 6.07) is 5.96. The molecule has 5 nitrogen and oxygen atoms in total. The van der Waals surface area contributed by atoms with Crippen molar-refractivity contribution in [2.24, 2.45) is 0 Å². The SMILES string of the molecule is Cc1cc(Br)ccc1Nc1ncc(C(=O)N2CCCCCC2)cn1. The summed E-state index contributed by atoms with van der Waals surface area (Å²) in [5.74, 6) is 0.524. The summed E-state index contributed by atoms with van der Waals surface area (Å²) >= 11 is 3.45. The number of anilines is 2. The van der Waals surface area contributed by atoms with Crippen molar-refractivity contribution in [2.75, 3.05) is 18.4 Å². The van der Waals surface area contributed by atoms with Crippen molar-refractivity contribution in [3.05, 3.63) is 46.2 Å². The molecular formula is C18H21BrN4O. The Kier molecular flexibility index (Phi) is 5.45. The van der Waals surface area contributed by atoms with E-state index in [-0.39, 0.29) is 5.91 Å². The van der Waals surface area contributed by atoms with Gasteiger partial charge in [-0.15, -0.1) is 0 Å². The van der Waals surface area contributed by atoms with E-state index in [9.17, 15) is 4.79 Å². The highest BCUT2D eigenvalue weighted by Gasteiger charge is 2.18. The second-order valence-electron chi connectivity index (χ2n) is 6.09. The number of nitrogens with zero attached hydrogens (tertiary/aromatic N) is 3. The largest absolute Gasteiger partial charge is 0.339 e. The first-order valence-electron chi connectivity index (χ1n) is 8.28. The van der Waals surface area contributed by atoms with Gasteiger partial charge in [0.15, 0.2) is 0 Å². The third-order valence-electron chi connectivity index (χ3n) is 4.23. The summed E-state index contributed by atoms with van der Waals surface area (Å²) in [4.78, 5) is 23.0. The van der Waals surface area contributed by atoms with E-state index in [1.165, 1.54) is 12.8 Å². The molecule has 1 amide bonds. The van der Waals surface area contributed by atoms with Gasteiger partial charge in [0.05, 0.1) is 5.56 Å². The quantitative estimate of drug-likeness (QED) is 0.850. The van der Waals surface area contributed by atoms with Crippen molar-refractivity contribution >= 4 is 33.5 Å². The molecular weight excluding hydrogens is 368 g/mol. The Hall–Kier alpha value is -1.95. The average Bonchev–Trinajstić information content (AvgIpc) is 2.87. The van der Waals surface area contributed by atoms with Crippen LogP contribution in [-0.2, 0) is 0 Å². The summed E-state index contributed by atoms with van der Waals surface area (Å²) in [5.41, 5.74) is 2.59. The number of likely N-dealkylation sites (tertiary alicyclic amines) is 1. The standard InChI is InChI=1S/C18H21BrN4O/c1-13-10-15(19)6-7-16(13)22-18-20-11-14(12-21-18)17(24)23-8-4-2-3-5-9-23/h6-7,10-12H,2-5,8-9H2,1H3,(H,20,21,22). The highest BCUT2D eigenvalue weighted by atomic mass is 79.9. The van der Waals surface area contributed by atoms with Gasteiger partial charge >= 0.3 is 0 Å². The van der Waals surface area contributed by atoms with Crippen LogP contribution in [-0.4, -0.2) is 33.9 Å². The highest BCUT2D eigenvalue weighted by Crippen LogP contribution is 2.22. The third-order valence-corrected chi connectivity index (χ3v) is 4.72. The Morgan fingerprint density at radius 2 is 1.79 bits per heavy atom. The number of nitrogens with one attached hydrogen (secondary N) is 1. The normalized spacial score (nSPS) is 15.0. The lowest BCUT2D eigenvalue weighted by Gasteiger charge is -2.20. The summed E-state index contributed by atoms with van der Waals surface area (Å²) in [6.07, 6.45) is 7.78. The van der Waals surface area contributed by atoms with E-state index < -0.39 is 0 Å². The number of carbonyl (C=O) groups excluding carboxylic acids is 1. The summed E-state index contributed by atoms with van der Waals surface area (Å²) < 4.78 is 1.03. The molecule has 0 aliphatic carbocycles. The first kappa shape index (κ1) is 16.9. The second kappa shape index (κ2) is 7.75. The predicted octanol–water partition coefficient (Wildman–Crippen LogP) is 4.31. The van der Waals surface area contributed by atoms with Gasteiger partial charge in [-0.05, 0) is 43.5 Å². The molecule has 0 spiro atoms. The Morgan fingerprint density at radius 3 is 2.42 bits per heavy atom. The minimum Gasteiger partial charge on any atom is -0.339 e. The van der Waals surface area contributed by atoms with E-state index in [1.54, 1.807) is 12.4 Å². The van der Waals surface area contributed by atoms with Crippen LogP contribution in [0.5, 0.6) is 0 Å². The van der Waals surface area contributed by atoms with Crippen LogP contribution in [0.25, 0.3) is 0 Å². The minimum atomic E-state index is 0.0308. The molecule has 1 aliphatic heterocycles. The Labute approximate surface area is 150 Å². The van der Waals surface area contributed by atoms with Gasteiger partial charge in [-0.1, -0.05) is 28.8 Å². The molecule has 1 aromatic heterocycles.